The summed E-state index contributed by atoms with van der Waals surface area (Å²) in [6.45, 7) is 2.55. The number of para-hydroxylation sites is 1. The summed E-state index contributed by atoms with van der Waals surface area (Å²) in [5, 5.41) is 0. The molecule has 1 heterocycles. The highest BCUT2D eigenvalue weighted by Crippen LogP contribution is 2.36. The molecule has 4 rings (SSSR count). The van der Waals surface area contributed by atoms with Crippen molar-refractivity contribution in [2.75, 3.05) is 11.4 Å². The van der Waals surface area contributed by atoms with E-state index < -0.39 is 5.60 Å². The Morgan fingerprint density at radius 3 is 2.26 bits per heavy atom. The molecule has 136 valence electrons. The average molecular weight is 359 g/mol. The molecule has 0 bridgehead atoms. The number of carbonyl (C=O) groups is 1. The third kappa shape index (κ3) is 3.65. The van der Waals surface area contributed by atoms with E-state index >= 15 is 0 Å². The molecule has 0 aromatic heterocycles. The van der Waals surface area contributed by atoms with E-state index in [9.17, 15) is 4.79 Å². The van der Waals surface area contributed by atoms with Crippen LogP contribution in [-0.4, -0.2) is 12.6 Å². The van der Waals surface area contributed by atoms with E-state index in [2.05, 4.69) is 0 Å². The molecule has 1 unspecified atom stereocenters. The van der Waals surface area contributed by atoms with Crippen molar-refractivity contribution in [3.05, 3.63) is 90.5 Å². The summed E-state index contributed by atoms with van der Waals surface area (Å²) < 4.78 is 11.7. The zero-order valence-corrected chi connectivity index (χ0v) is 15.2. The number of anilines is 1. The van der Waals surface area contributed by atoms with Gasteiger partial charge >= 0.3 is 6.09 Å². The summed E-state index contributed by atoms with van der Waals surface area (Å²) in [7, 11) is 0. The lowest BCUT2D eigenvalue weighted by atomic mass is 9.91. The van der Waals surface area contributed by atoms with E-state index in [1.165, 1.54) is 0 Å². The number of rotatable bonds is 4. The SMILES string of the molecule is CC1(c2ccccc2)CCN(c2cccc(Oc3ccccc3)c2)C(=O)O1. The lowest BCUT2D eigenvalue weighted by molar-refractivity contribution is 0.00582. The first-order valence-electron chi connectivity index (χ1n) is 9.03. The predicted octanol–water partition coefficient (Wildman–Crippen LogP) is 5.74. The van der Waals surface area contributed by atoms with E-state index in [-0.39, 0.29) is 6.09 Å². The van der Waals surface area contributed by atoms with Crippen LogP contribution in [0.4, 0.5) is 10.5 Å². The van der Waals surface area contributed by atoms with Crippen LogP contribution in [0, 0.1) is 0 Å². The van der Waals surface area contributed by atoms with E-state index in [0.29, 0.717) is 18.7 Å². The van der Waals surface area contributed by atoms with Gasteiger partial charge in [-0.25, -0.2) is 4.79 Å². The Morgan fingerprint density at radius 2 is 1.56 bits per heavy atom. The van der Waals surface area contributed by atoms with Crippen molar-refractivity contribution in [2.45, 2.75) is 18.9 Å². The molecule has 3 aromatic carbocycles. The van der Waals surface area contributed by atoms with E-state index in [1.807, 2.05) is 91.9 Å². The first-order valence-corrected chi connectivity index (χ1v) is 9.03. The topological polar surface area (TPSA) is 38.8 Å². The summed E-state index contributed by atoms with van der Waals surface area (Å²) in [6, 6.07) is 27.0. The maximum Gasteiger partial charge on any atom is 0.415 e. The number of ether oxygens (including phenoxy) is 2. The highest BCUT2D eigenvalue weighted by molar-refractivity contribution is 5.89. The number of cyclic esters (lactones) is 1. The molecule has 0 N–H and O–H groups in total. The molecule has 1 fully saturated rings. The quantitative estimate of drug-likeness (QED) is 0.596. The lowest BCUT2D eigenvalue weighted by Crippen LogP contribution is -2.46. The van der Waals surface area contributed by atoms with Crippen molar-refractivity contribution in [3.8, 4) is 11.5 Å². The van der Waals surface area contributed by atoms with Gasteiger partial charge in [0.2, 0.25) is 0 Å². The van der Waals surface area contributed by atoms with Gasteiger partial charge in [-0.1, -0.05) is 54.6 Å². The smallest absolute Gasteiger partial charge is 0.415 e. The fourth-order valence-corrected chi connectivity index (χ4v) is 3.28. The van der Waals surface area contributed by atoms with Crippen molar-refractivity contribution in [2.24, 2.45) is 0 Å². The average Bonchev–Trinajstić information content (AvgIpc) is 2.70. The number of nitrogens with zero attached hydrogens (tertiary/aromatic N) is 1. The molecule has 0 aliphatic carbocycles. The first-order chi connectivity index (χ1) is 13.1. The van der Waals surface area contributed by atoms with Gasteiger partial charge in [0.1, 0.15) is 17.1 Å². The number of hydrogen-bond acceptors (Lipinski definition) is 3. The van der Waals surface area contributed by atoms with Gasteiger partial charge in [0, 0.05) is 19.0 Å². The highest BCUT2D eigenvalue weighted by Gasteiger charge is 2.38. The van der Waals surface area contributed by atoms with Gasteiger partial charge in [0.25, 0.3) is 0 Å². The molecule has 1 aliphatic rings. The molecule has 1 amide bonds. The number of carbonyl (C=O) groups excluding carboxylic acids is 1. The van der Waals surface area contributed by atoms with E-state index in [1.54, 1.807) is 4.90 Å². The molecule has 0 saturated carbocycles. The van der Waals surface area contributed by atoms with Gasteiger partial charge < -0.3 is 9.47 Å². The maximum absolute atomic E-state index is 12.7. The Hall–Kier alpha value is -3.27. The fraction of sp³-hybridized carbons (Fsp3) is 0.174. The number of hydrogen-bond donors (Lipinski definition) is 0. The molecule has 1 saturated heterocycles. The van der Waals surface area contributed by atoms with Crippen molar-refractivity contribution in [3.63, 3.8) is 0 Å². The second kappa shape index (κ2) is 7.16. The monoisotopic (exact) mass is 359 g/mol. The lowest BCUT2D eigenvalue weighted by Gasteiger charge is -2.39. The van der Waals surface area contributed by atoms with Crippen LogP contribution >= 0.6 is 0 Å². The minimum absolute atomic E-state index is 0.343. The fourth-order valence-electron chi connectivity index (χ4n) is 3.28. The van der Waals surface area contributed by atoms with Crippen LogP contribution in [0.25, 0.3) is 0 Å². The molecule has 3 aromatic rings. The van der Waals surface area contributed by atoms with Gasteiger partial charge in [0.05, 0.1) is 5.69 Å². The molecule has 0 radical (unpaired) electrons. The second-order valence-electron chi connectivity index (χ2n) is 6.78. The van der Waals surface area contributed by atoms with Gasteiger partial charge in [-0.2, -0.15) is 0 Å². The standard InChI is InChI=1S/C23H21NO3/c1-23(18-9-4-2-5-10-18)15-16-24(22(25)27-23)19-11-8-14-21(17-19)26-20-12-6-3-7-13-20/h2-14,17H,15-16H2,1H3. The Kier molecular flexibility index (Phi) is 4.55. The molecule has 27 heavy (non-hydrogen) atoms. The molecule has 4 heteroatoms. The van der Waals surface area contributed by atoms with Gasteiger partial charge in [-0.05, 0) is 36.8 Å². The van der Waals surface area contributed by atoms with Crippen molar-refractivity contribution < 1.29 is 14.3 Å². The molecule has 4 nitrogen and oxygen atoms in total. The van der Waals surface area contributed by atoms with Gasteiger partial charge in [-0.15, -0.1) is 0 Å². The van der Waals surface area contributed by atoms with Crippen LogP contribution in [0.15, 0.2) is 84.9 Å². The Labute approximate surface area is 159 Å². The van der Waals surface area contributed by atoms with Crippen LogP contribution in [0.3, 0.4) is 0 Å². The first kappa shape index (κ1) is 17.2. The molecular weight excluding hydrogens is 338 g/mol. The Morgan fingerprint density at radius 1 is 0.889 bits per heavy atom. The van der Waals surface area contributed by atoms with Crippen LogP contribution in [0.2, 0.25) is 0 Å². The Bertz CT molecular complexity index is 927. The van der Waals surface area contributed by atoms with Gasteiger partial charge in [-0.3, -0.25) is 4.90 Å². The molecule has 0 spiro atoms. The third-order valence-electron chi connectivity index (χ3n) is 4.84. The molecule has 1 atom stereocenters. The summed E-state index contributed by atoms with van der Waals surface area (Å²) in [5.41, 5.74) is 1.18. The molecule has 1 aliphatic heterocycles. The van der Waals surface area contributed by atoms with Crippen molar-refractivity contribution in [1.82, 2.24) is 0 Å². The molecular formula is C23H21NO3. The van der Waals surface area contributed by atoms with E-state index in [0.717, 1.165) is 17.0 Å². The van der Waals surface area contributed by atoms with Crippen molar-refractivity contribution >= 4 is 11.8 Å². The zero-order valence-electron chi connectivity index (χ0n) is 15.2. The van der Waals surface area contributed by atoms with Crippen LogP contribution in [0.5, 0.6) is 11.5 Å². The second-order valence-corrected chi connectivity index (χ2v) is 6.78. The van der Waals surface area contributed by atoms with Crippen LogP contribution in [0.1, 0.15) is 18.9 Å². The highest BCUT2D eigenvalue weighted by atomic mass is 16.6. The summed E-state index contributed by atoms with van der Waals surface area (Å²) in [5.74, 6) is 1.44. The van der Waals surface area contributed by atoms with E-state index in [4.69, 9.17) is 9.47 Å². The van der Waals surface area contributed by atoms with Crippen LogP contribution < -0.4 is 9.64 Å². The third-order valence-corrected chi connectivity index (χ3v) is 4.84. The summed E-state index contributed by atoms with van der Waals surface area (Å²) in [6.07, 6.45) is 0.372. The number of amides is 1. The van der Waals surface area contributed by atoms with Crippen LogP contribution in [-0.2, 0) is 10.3 Å². The number of benzene rings is 3. The Balaban J connectivity index is 1.52. The maximum atomic E-state index is 12.7. The predicted molar refractivity (Wildman–Crippen MR) is 105 cm³/mol. The zero-order chi connectivity index (χ0) is 18.7. The summed E-state index contributed by atoms with van der Waals surface area (Å²) >= 11 is 0. The van der Waals surface area contributed by atoms with Crippen molar-refractivity contribution in [1.29, 1.82) is 0 Å². The minimum Gasteiger partial charge on any atom is -0.457 e. The minimum atomic E-state index is -0.604. The summed E-state index contributed by atoms with van der Waals surface area (Å²) in [4.78, 5) is 14.4. The largest absolute Gasteiger partial charge is 0.457 e. The normalized spacial score (nSPS) is 19.4. The van der Waals surface area contributed by atoms with Gasteiger partial charge in [0.15, 0.2) is 0 Å².